The topological polar surface area (TPSA) is 84.0 Å². The Morgan fingerprint density at radius 3 is 2.42 bits per heavy atom. The molecule has 0 saturated heterocycles. The molecule has 0 radical (unpaired) electrons. The molecule has 0 fully saturated rings. The first-order chi connectivity index (χ1) is 11.7. The van der Waals surface area contributed by atoms with Gasteiger partial charge in [-0.15, -0.1) is 21.5 Å². The van der Waals surface area contributed by atoms with Crippen molar-refractivity contribution in [1.29, 1.82) is 0 Å². The van der Waals surface area contributed by atoms with E-state index in [4.69, 9.17) is 0 Å². The number of amides is 2. The van der Waals surface area contributed by atoms with Gasteiger partial charge in [0.25, 0.3) is 11.8 Å². The Morgan fingerprint density at radius 2 is 1.71 bits per heavy atom. The molecule has 24 heavy (non-hydrogen) atoms. The van der Waals surface area contributed by atoms with Crippen LogP contribution in [0, 0.1) is 0 Å². The molecule has 0 spiro atoms. The average molecular weight is 358 g/mol. The van der Waals surface area contributed by atoms with Gasteiger partial charge in [0.1, 0.15) is 0 Å². The molecule has 122 valence electrons. The summed E-state index contributed by atoms with van der Waals surface area (Å²) in [6.45, 7) is 0.518. The fourth-order valence-electron chi connectivity index (χ4n) is 1.94. The van der Waals surface area contributed by atoms with E-state index in [1.165, 1.54) is 4.88 Å². The predicted molar refractivity (Wildman–Crippen MR) is 94.7 cm³/mol. The summed E-state index contributed by atoms with van der Waals surface area (Å²) in [5.74, 6) is -0.695. The zero-order chi connectivity index (χ0) is 16.8. The largest absolute Gasteiger partial charge is 0.350 e. The lowest BCUT2D eigenvalue weighted by molar-refractivity contribution is 0.0952. The van der Waals surface area contributed by atoms with Gasteiger partial charge in [0.2, 0.25) is 10.0 Å². The van der Waals surface area contributed by atoms with E-state index in [0.29, 0.717) is 12.2 Å². The highest BCUT2D eigenvalue weighted by Gasteiger charge is 2.17. The molecule has 0 aliphatic carbocycles. The minimum absolute atomic E-state index is 0.155. The molecule has 0 unspecified atom stereocenters. The van der Waals surface area contributed by atoms with Crippen LogP contribution < -0.4 is 10.6 Å². The van der Waals surface area contributed by atoms with Crippen LogP contribution in [0.15, 0.2) is 47.8 Å². The lowest BCUT2D eigenvalue weighted by Crippen LogP contribution is -2.25. The molecule has 0 atom stereocenters. The van der Waals surface area contributed by atoms with E-state index in [1.54, 1.807) is 23.5 Å². The highest BCUT2D eigenvalue weighted by Crippen LogP contribution is 2.13. The van der Waals surface area contributed by atoms with Crippen LogP contribution in [0.4, 0.5) is 5.69 Å². The van der Waals surface area contributed by atoms with Crippen molar-refractivity contribution in [2.75, 3.05) is 11.9 Å². The summed E-state index contributed by atoms with van der Waals surface area (Å²) in [6.07, 6.45) is 0.767. The molecule has 3 rings (SSSR count). The maximum atomic E-state index is 12.1. The van der Waals surface area contributed by atoms with E-state index in [1.807, 2.05) is 35.7 Å². The zero-order valence-electron chi connectivity index (χ0n) is 12.6. The number of carbonyl (C=O) groups is 2. The molecule has 1 aromatic carbocycles. The lowest BCUT2D eigenvalue weighted by atomic mass is 10.3. The van der Waals surface area contributed by atoms with E-state index < -0.39 is 0 Å². The van der Waals surface area contributed by atoms with E-state index in [0.717, 1.165) is 17.8 Å². The van der Waals surface area contributed by atoms with Gasteiger partial charge < -0.3 is 10.6 Å². The Bertz CT molecular complexity index is 816. The number of anilines is 1. The lowest BCUT2D eigenvalue weighted by Gasteiger charge is -2.01. The number of nitrogens with one attached hydrogen (secondary N) is 2. The Kier molecular flexibility index (Phi) is 5.29. The van der Waals surface area contributed by atoms with Crippen molar-refractivity contribution in [3.05, 3.63) is 62.7 Å². The first-order valence-electron chi connectivity index (χ1n) is 7.23. The fraction of sp³-hybridized carbons (Fsp3) is 0.125. The monoisotopic (exact) mass is 358 g/mol. The molecule has 0 aliphatic rings. The third kappa shape index (κ3) is 4.24. The van der Waals surface area contributed by atoms with Gasteiger partial charge in [0, 0.05) is 17.1 Å². The van der Waals surface area contributed by atoms with Crippen molar-refractivity contribution in [3.63, 3.8) is 0 Å². The first kappa shape index (κ1) is 16.3. The van der Waals surface area contributed by atoms with Crippen LogP contribution >= 0.6 is 22.7 Å². The molecular formula is C16H14N4O2S2. The second-order valence-electron chi connectivity index (χ2n) is 4.82. The van der Waals surface area contributed by atoms with Crippen molar-refractivity contribution in [2.24, 2.45) is 0 Å². The van der Waals surface area contributed by atoms with Crippen molar-refractivity contribution < 1.29 is 9.59 Å². The molecule has 8 heteroatoms. The van der Waals surface area contributed by atoms with Crippen LogP contribution in [0.3, 0.4) is 0 Å². The second-order valence-corrected chi connectivity index (χ2v) is 6.83. The van der Waals surface area contributed by atoms with E-state index in [-0.39, 0.29) is 21.8 Å². The number of hydrogen-bond acceptors (Lipinski definition) is 6. The van der Waals surface area contributed by atoms with Crippen molar-refractivity contribution in [1.82, 2.24) is 15.5 Å². The number of para-hydroxylation sites is 1. The van der Waals surface area contributed by atoms with Crippen LogP contribution in [0.1, 0.15) is 24.5 Å². The molecule has 2 aromatic heterocycles. The van der Waals surface area contributed by atoms with Gasteiger partial charge in [-0.3, -0.25) is 9.59 Å². The molecule has 0 aliphatic heterocycles. The van der Waals surface area contributed by atoms with Gasteiger partial charge in [-0.05, 0) is 30.0 Å². The molecular weight excluding hydrogens is 344 g/mol. The van der Waals surface area contributed by atoms with Crippen molar-refractivity contribution in [3.8, 4) is 0 Å². The molecule has 6 nitrogen and oxygen atoms in total. The summed E-state index contributed by atoms with van der Waals surface area (Å²) in [4.78, 5) is 25.3. The Morgan fingerprint density at radius 1 is 0.958 bits per heavy atom. The van der Waals surface area contributed by atoms with Gasteiger partial charge in [0.05, 0.1) is 0 Å². The highest BCUT2D eigenvalue weighted by molar-refractivity contribution is 7.15. The van der Waals surface area contributed by atoms with Crippen molar-refractivity contribution >= 4 is 40.2 Å². The molecule has 2 N–H and O–H groups in total. The quantitative estimate of drug-likeness (QED) is 0.710. The maximum absolute atomic E-state index is 12.1. The van der Waals surface area contributed by atoms with E-state index in [2.05, 4.69) is 20.8 Å². The average Bonchev–Trinajstić information content (AvgIpc) is 3.27. The van der Waals surface area contributed by atoms with Crippen LogP contribution in [0.5, 0.6) is 0 Å². The van der Waals surface area contributed by atoms with Gasteiger partial charge in [-0.2, -0.15) is 0 Å². The van der Waals surface area contributed by atoms with E-state index in [9.17, 15) is 9.59 Å². The number of aromatic nitrogens is 2. The SMILES string of the molecule is O=C(NCCc1cccs1)c1nnc(C(=O)Nc2ccccc2)s1. The fourth-order valence-corrected chi connectivity index (χ4v) is 3.31. The summed E-state index contributed by atoms with van der Waals surface area (Å²) < 4.78 is 0. The Labute approximate surface area is 146 Å². The van der Waals surface area contributed by atoms with E-state index >= 15 is 0 Å². The summed E-state index contributed by atoms with van der Waals surface area (Å²) in [5.41, 5.74) is 0.666. The summed E-state index contributed by atoms with van der Waals surface area (Å²) >= 11 is 2.62. The van der Waals surface area contributed by atoms with Gasteiger partial charge in [-0.1, -0.05) is 35.6 Å². The molecule has 0 bridgehead atoms. The summed E-state index contributed by atoms with van der Waals surface area (Å²) in [7, 11) is 0. The third-order valence-electron chi connectivity index (χ3n) is 3.08. The smallest absolute Gasteiger partial charge is 0.286 e. The predicted octanol–water partition coefficient (Wildman–Crippen LogP) is 2.82. The van der Waals surface area contributed by atoms with Crippen LogP contribution in [0.2, 0.25) is 0 Å². The number of rotatable bonds is 6. The second kappa shape index (κ2) is 7.80. The number of carbonyl (C=O) groups excluding carboxylic acids is 2. The van der Waals surface area contributed by atoms with Crippen LogP contribution in [0.25, 0.3) is 0 Å². The summed E-state index contributed by atoms with van der Waals surface area (Å²) in [6, 6.07) is 13.1. The zero-order valence-corrected chi connectivity index (χ0v) is 14.2. The maximum Gasteiger partial charge on any atom is 0.286 e. The van der Waals surface area contributed by atoms with Crippen LogP contribution in [-0.4, -0.2) is 28.6 Å². The molecule has 2 amide bonds. The Balaban J connectivity index is 1.54. The van der Waals surface area contributed by atoms with Gasteiger partial charge in [-0.25, -0.2) is 0 Å². The molecule has 2 heterocycles. The number of thiophene rings is 1. The van der Waals surface area contributed by atoms with Gasteiger partial charge >= 0.3 is 0 Å². The van der Waals surface area contributed by atoms with Crippen LogP contribution in [-0.2, 0) is 6.42 Å². The molecule has 3 aromatic rings. The Hall–Kier alpha value is -2.58. The third-order valence-corrected chi connectivity index (χ3v) is 4.94. The molecule has 0 saturated carbocycles. The van der Waals surface area contributed by atoms with Crippen molar-refractivity contribution in [2.45, 2.75) is 6.42 Å². The van der Waals surface area contributed by atoms with Gasteiger partial charge in [0.15, 0.2) is 0 Å². The normalized spacial score (nSPS) is 10.3. The standard InChI is InChI=1S/C16H14N4O2S2/c21-13(17-9-8-12-7-4-10-23-12)15-19-20-16(24-15)14(22)18-11-5-2-1-3-6-11/h1-7,10H,8-9H2,(H,17,21)(H,18,22). The number of benzene rings is 1. The summed E-state index contributed by atoms with van der Waals surface area (Å²) in [5, 5.41) is 15.4. The first-order valence-corrected chi connectivity index (χ1v) is 8.92. The minimum atomic E-state index is -0.378. The number of nitrogens with zero attached hydrogens (tertiary/aromatic N) is 2. The minimum Gasteiger partial charge on any atom is -0.350 e. The highest BCUT2D eigenvalue weighted by atomic mass is 32.1. The number of hydrogen-bond donors (Lipinski definition) is 2.